The van der Waals surface area contributed by atoms with Crippen LogP contribution in [0.25, 0.3) is 27.5 Å². The van der Waals surface area contributed by atoms with Crippen LogP contribution in [0.2, 0.25) is 0 Å². The average molecular weight is 808 g/mol. The number of aromatic nitrogens is 1. The van der Waals surface area contributed by atoms with Crippen LogP contribution >= 0.6 is 0 Å². The molecule has 9 aromatic carbocycles. The standard InChI is InChI=1S/C54H30B2N2O5/c1-3-13-31(14-4-1)57(32-15-5-2-6-16-32)33-25-47-53-49(26-33)62-45-30-46-38-29-37(45)55(53)51-41(21-11-23-43(51)60-47)59-42-22-12-24-44-52(42)56(38)54-48(61-44)27-34(28-50(54)63-46)58-39-19-9-7-17-35(39)36-18-8-10-20-40(36)58/h1-30H. The highest BCUT2D eigenvalue weighted by molar-refractivity contribution is 7.01. The topological polar surface area (TPSA) is 54.3 Å². The van der Waals surface area contributed by atoms with Crippen molar-refractivity contribution in [2.75, 3.05) is 4.90 Å². The van der Waals surface area contributed by atoms with E-state index in [1.807, 2.05) is 48.5 Å². The molecule has 2 bridgehead atoms. The second-order valence-corrected chi connectivity index (χ2v) is 16.7. The molecule has 15 rings (SSSR count). The van der Waals surface area contributed by atoms with E-state index in [9.17, 15) is 0 Å². The van der Waals surface area contributed by atoms with Crippen LogP contribution in [0.3, 0.4) is 0 Å². The lowest BCUT2D eigenvalue weighted by Gasteiger charge is -2.39. The van der Waals surface area contributed by atoms with Crippen LogP contribution in [-0.2, 0) is 0 Å². The SMILES string of the molecule is c1ccc(N(c2ccccc2)c2cc3c4c(c2)Oc2cccc5c2B4c2cc4c(cc2O3)Oc2cc(-n3c6ccccc6c6ccccc63)cc3c2B4c2c(cccc2O5)O3)cc1. The number of benzene rings is 9. The number of anilines is 3. The van der Waals surface area contributed by atoms with Gasteiger partial charge in [-0.25, -0.2) is 0 Å². The van der Waals surface area contributed by atoms with E-state index in [1.54, 1.807) is 0 Å². The normalized spacial score (nSPS) is 13.7. The number of para-hydroxylation sites is 4. The van der Waals surface area contributed by atoms with E-state index in [2.05, 4.69) is 143 Å². The van der Waals surface area contributed by atoms with Crippen LogP contribution in [0.1, 0.15) is 0 Å². The minimum Gasteiger partial charge on any atom is -0.458 e. The first kappa shape index (κ1) is 33.4. The van der Waals surface area contributed by atoms with Gasteiger partial charge in [0.2, 0.25) is 0 Å². The van der Waals surface area contributed by atoms with Crippen molar-refractivity contribution < 1.29 is 23.7 Å². The maximum absolute atomic E-state index is 7.15. The Kier molecular flexibility index (Phi) is 6.46. The van der Waals surface area contributed by atoms with Crippen LogP contribution in [0.15, 0.2) is 182 Å². The molecule has 0 N–H and O–H groups in total. The Morgan fingerprint density at radius 3 is 1.21 bits per heavy atom. The third kappa shape index (κ3) is 4.55. The first-order chi connectivity index (χ1) is 31.2. The van der Waals surface area contributed by atoms with Crippen LogP contribution in [0.4, 0.5) is 17.1 Å². The van der Waals surface area contributed by atoms with Crippen molar-refractivity contribution in [2.24, 2.45) is 0 Å². The van der Waals surface area contributed by atoms with Crippen molar-refractivity contribution in [3.63, 3.8) is 0 Å². The molecule has 9 heteroatoms. The predicted molar refractivity (Wildman–Crippen MR) is 251 cm³/mol. The minimum absolute atomic E-state index is 0.241. The lowest BCUT2D eigenvalue weighted by atomic mass is 9.31. The molecule has 0 saturated carbocycles. The molecular weight excluding hydrogens is 778 g/mol. The number of ether oxygens (including phenoxy) is 5. The van der Waals surface area contributed by atoms with Gasteiger partial charge in [0.25, 0.3) is 13.4 Å². The van der Waals surface area contributed by atoms with Gasteiger partial charge in [0, 0.05) is 74.3 Å². The lowest BCUT2D eigenvalue weighted by molar-refractivity contribution is 0.443. The third-order valence-corrected chi connectivity index (χ3v) is 13.4. The number of hydrogen-bond donors (Lipinski definition) is 0. The Morgan fingerprint density at radius 2 is 0.714 bits per heavy atom. The van der Waals surface area contributed by atoms with Crippen molar-refractivity contribution in [2.45, 2.75) is 0 Å². The maximum Gasteiger partial charge on any atom is 0.265 e. The molecule has 10 aromatic rings. The zero-order chi connectivity index (χ0) is 40.9. The number of fused-ring (bicyclic) bond motifs is 3. The Hall–Kier alpha value is -8.29. The summed E-state index contributed by atoms with van der Waals surface area (Å²) in [6, 6.07) is 63.1. The molecule has 292 valence electrons. The van der Waals surface area contributed by atoms with E-state index in [4.69, 9.17) is 23.7 Å². The summed E-state index contributed by atoms with van der Waals surface area (Å²) in [5.74, 6) is 7.34. The first-order valence-electron chi connectivity index (χ1n) is 21.3. The zero-order valence-electron chi connectivity index (χ0n) is 33.4. The van der Waals surface area contributed by atoms with E-state index in [0.29, 0.717) is 0 Å². The van der Waals surface area contributed by atoms with Gasteiger partial charge in [-0.1, -0.05) is 91.0 Å². The fraction of sp³-hybridized carbons (Fsp3) is 0. The smallest absolute Gasteiger partial charge is 0.265 e. The van der Waals surface area contributed by atoms with E-state index in [-0.39, 0.29) is 13.4 Å². The zero-order valence-corrected chi connectivity index (χ0v) is 33.4. The minimum atomic E-state index is -0.247. The van der Waals surface area contributed by atoms with Gasteiger partial charge in [-0.2, -0.15) is 0 Å². The third-order valence-electron chi connectivity index (χ3n) is 13.4. The molecule has 0 atom stereocenters. The second kappa shape index (κ2) is 12.2. The van der Waals surface area contributed by atoms with Gasteiger partial charge in [0.1, 0.15) is 57.5 Å². The lowest BCUT2D eigenvalue weighted by Crippen LogP contribution is -2.62. The fourth-order valence-corrected chi connectivity index (χ4v) is 10.8. The molecule has 0 spiro atoms. The Bertz CT molecular complexity index is 3550. The second-order valence-electron chi connectivity index (χ2n) is 16.7. The summed E-state index contributed by atoms with van der Waals surface area (Å²) in [4.78, 5) is 2.24. The van der Waals surface area contributed by atoms with Crippen molar-refractivity contribution in [1.82, 2.24) is 4.57 Å². The monoisotopic (exact) mass is 808 g/mol. The van der Waals surface area contributed by atoms with Crippen LogP contribution in [-0.4, -0.2) is 18.0 Å². The number of hydrogen-bond acceptors (Lipinski definition) is 6. The van der Waals surface area contributed by atoms with E-state index in [0.717, 1.165) is 124 Å². The predicted octanol–water partition coefficient (Wildman–Crippen LogP) is 9.81. The van der Waals surface area contributed by atoms with E-state index in [1.165, 1.54) is 10.8 Å². The van der Waals surface area contributed by atoms with Gasteiger partial charge >= 0.3 is 0 Å². The van der Waals surface area contributed by atoms with Crippen molar-refractivity contribution >= 4 is 85.1 Å². The molecule has 0 fully saturated rings. The summed E-state index contributed by atoms with van der Waals surface area (Å²) in [5.41, 5.74) is 12.0. The molecular formula is C54H30B2N2O5. The fourth-order valence-electron chi connectivity index (χ4n) is 10.8. The summed E-state index contributed by atoms with van der Waals surface area (Å²) in [6.45, 7) is -0.489. The van der Waals surface area contributed by atoms with Crippen LogP contribution in [0, 0.1) is 0 Å². The van der Waals surface area contributed by atoms with Crippen LogP contribution in [0.5, 0.6) is 57.5 Å². The maximum atomic E-state index is 7.15. The van der Waals surface area contributed by atoms with Crippen molar-refractivity contribution in [1.29, 1.82) is 0 Å². The molecule has 0 radical (unpaired) electrons. The summed E-state index contributed by atoms with van der Waals surface area (Å²) in [7, 11) is 0. The van der Waals surface area contributed by atoms with Gasteiger partial charge in [0.15, 0.2) is 0 Å². The Morgan fingerprint density at radius 1 is 0.317 bits per heavy atom. The van der Waals surface area contributed by atoms with Gasteiger partial charge < -0.3 is 33.2 Å². The van der Waals surface area contributed by atoms with Gasteiger partial charge in [-0.05, 0) is 71.6 Å². The number of rotatable bonds is 4. The Labute approximate surface area is 362 Å². The molecule has 5 aliphatic rings. The summed E-state index contributed by atoms with van der Waals surface area (Å²) in [6.07, 6.45) is 0. The van der Waals surface area contributed by atoms with Crippen molar-refractivity contribution in [3.8, 4) is 63.2 Å². The average Bonchev–Trinajstić information content (AvgIpc) is 3.66. The summed E-state index contributed by atoms with van der Waals surface area (Å²) < 4.78 is 37.6. The quantitative estimate of drug-likeness (QED) is 0.165. The summed E-state index contributed by atoms with van der Waals surface area (Å²) >= 11 is 0. The Balaban J connectivity index is 0.972. The van der Waals surface area contributed by atoms with E-state index >= 15 is 0 Å². The van der Waals surface area contributed by atoms with Crippen LogP contribution < -0.4 is 61.4 Å². The highest BCUT2D eigenvalue weighted by Gasteiger charge is 2.48. The molecule has 0 amide bonds. The molecule has 1 aromatic heterocycles. The number of nitrogens with zero attached hydrogens (tertiary/aromatic N) is 2. The highest BCUT2D eigenvalue weighted by atomic mass is 16.5. The molecule has 6 heterocycles. The van der Waals surface area contributed by atoms with E-state index < -0.39 is 0 Å². The molecule has 7 nitrogen and oxygen atoms in total. The molecule has 5 aliphatic heterocycles. The summed E-state index contributed by atoms with van der Waals surface area (Å²) in [5, 5.41) is 2.38. The highest BCUT2D eigenvalue weighted by Crippen LogP contribution is 2.46. The molecule has 0 saturated heterocycles. The van der Waals surface area contributed by atoms with Gasteiger partial charge in [0.05, 0.1) is 22.4 Å². The molecule has 63 heavy (non-hydrogen) atoms. The first-order valence-corrected chi connectivity index (χ1v) is 21.3. The van der Waals surface area contributed by atoms with Gasteiger partial charge in [-0.15, -0.1) is 0 Å². The largest absolute Gasteiger partial charge is 0.458 e. The van der Waals surface area contributed by atoms with Crippen molar-refractivity contribution in [3.05, 3.63) is 182 Å². The molecule has 0 aliphatic carbocycles. The molecule has 0 unspecified atom stereocenters. The van der Waals surface area contributed by atoms with Gasteiger partial charge in [-0.3, -0.25) is 0 Å².